The smallest absolute Gasteiger partial charge is 0.242 e. The van der Waals surface area contributed by atoms with Crippen molar-refractivity contribution in [2.45, 2.75) is 18.1 Å². The fourth-order valence-corrected chi connectivity index (χ4v) is 4.88. The first-order valence-corrected chi connectivity index (χ1v) is 12.2. The fraction of sp³-hybridized carbons (Fsp3) is 0.192. The largest absolute Gasteiger partial charge is 0.495 e. The van der Waals surface area contributed by atoms with Gasteiger partial charge in [-0.3, -0.25) is 14.5 Å². The SMILES string of the molecule is COc1ccccc1NC(=O)CC1SC(=Nc2ccc(Cl)cc2)N(CCc2ccc(F)cc2)C1=O. The molecular formula is C26H23ClFN3O3S. The number of benzene rings is 3. The summed E-state index contributed by atoms with van der Waals surface area (Å²) in [6.07, 6.45) is 0.501. The van der Waals surface area contributed by atoms with Gasteiger partial charge in [-0.25, -0.2) is 9.38 Å². The van der Waals surface area contributed by atoms with Crippen LogP contribution in [0.5, 0.6) is 5.75 Å². The first kappa shape index (κ1) is 24.8. The number of hydrogen-bond donors (Lipinski definition) is 1. The highest BCUT2D eigenvalue weighted by atomic mass is 35.5. The predicted octanol–water partition coefficient (Wildman–Crippen LogP) is 5.69. The van der Waals surface area contributed by atoms with E-state index >= 15 is 0 Å². The third-order valence-corrected chi connectivity index (χ3v) is 6.79. The highest BCUT2D eigenvalue weighted by Crippen LogP contribution is 2.33. The summed E-state index contributed by atoms with van der Waals surface area (Å²) in [6.45, 7) is 0.356. The molecule has 1 aliphatic rings. The molecular weight excluding hydrogens is 489 g/mol. The van der Waals surface area contributed by atoms with Crippen LogP contribution < -0.4 is 10.1 Å². The molecule has 0 saturated carbocycles. The molecule has 3 aromatic carbocycles. The third-order valence-electron chi connectivity index (χ3n) is 5.36. The Balaban J connectivity index is 1.51. The van der Waals surface area contributed by atoms with Crippen LogP contribution in [0.1, 0.15) is 12.0 Å². The summed E-state index contributed by atoms with van der Waals surface area (Å²) in [6, 6.07) is 20.2. The number of para-hydroxylation sites is 2. The molecule has 2 amide bonds. The van der Waals surface area contributed by atoms with Crippen LogP contribution in [0.15, 0.2) is 77.8 Å². The lowest BCUT2D eigenvalue weighted by atomic mass is 10.1. The molecule has 0 spiro atoms. The van der Waals surface area contributed by atoms with Crippen LogP contribution in [-0.2, 0) is 16.0 Å². The van der Waals surface area contributed by atoms with Crippen LogP contribution in [0.3, 0.4) is 0 Å². The maximum absolute atomic E-state index is 13.3. The number of rotatable bonds is 8. The number of halogens is 2. The number of hydrogen-bond acceptors (Lipinski definition) is 5. The van der Waals surface area contributed by atoms with Crippen LogP contribution in [0.25, 0.3) is 0 Å². The molecule has 3 aromatic rings. The maximum Gasteiger partial charge on any atom is 0.242 e. The molecule has 4 rings (SSSR count). The van der Waals surface area contributed by atoms with Gasteiger partial charge in [0.1, 0.15) is 16.8 Å². The van der Waals surface area contributed by atoms with Crippen LogP contribution in [0, 0.1) is 5.82 Å². The molecule has 0 radical (unpaired) electrons. The van der Waals surface area contributed by atoms with Crippen molar-refractivity contribution in [1.29, 1.82) is 0 Å². The summed E-state index contributed by atoms with van der Waals surface area (Å²) in [4.78, 5) is 32.3. The number of nitrogens with zero attached hydrogens (tertiary/aromatic N) is 2. The van der Waals surface area contributed by atoms with E-state index in [9.17, 15) is 14.0 Å². The van der Waals surface area contributed by atoms with Crippen molar-refractivity contribution in [3.63, 3.8) is 0 Å². The van der Waals surface area contributed by atoms with Gasteiger partial charge in [0.25, 0.3) is 0 Å². The normalized spacial score (nSPS) is 16.5. The number of methoxy groups -OCH3 is 1. The van der Waals surface area contributed by atoms with E-state index in [1.54, 1.807) is 59.5 Å². The highest BCUT2D eigenvalue weighted by Gasteiger charge is 2.39. The van der Waals surface area contributed by atoms with Gasteiger partial charge in [-0.2, -0.15) is 0 Å². The first-order chi connectivity index (χ1) is 16.9. The average molecular weight is 512 g/mol. The standard InChI is InChI=1S/C26H23ClFN3O3S/c1-34-22-5-3-2-4-21(22)30-24(32)16-23-25(33)31(15-14-17-6-10-19(28)11-7-17)26(35-23)29-20-12-8-18(27)9-13-20/h2-13,23H,14-16H2,1H3,(H,30,32). The summed E-state index contributed by atoms with van der Waals surface area (Å²) in [5.41, 5.74) is 2.08. The number of carbonyl (C=O) groups is 2. The van der Waals surface area contributed by atoms with Crippen molar-refractivity contribution < 1.29 is 18.7 Å². The van der Waals surface area contributed by atoms with Crippen molar-refractivity contribution in [1.82, 2.24) is 4.90 Å². The van der Waals surface area contributed by atoms with E-state index in [2.05, 4.69) is 10.3 Å². The van der Waals surface area contributed by atoms with Crippen LogP contribution >= 0.6 is 23.4 Å². The Morgan fingerprint density at radius 1 is 1.11 bits per heavy atom. The van der Waals surface area contributed by atoms with E-state index < -0.39 is 5.25 Å². The fourth-order valence-electron chi connectivity index (χ4n) is 3.57. The van der Waals surface area contributed by atoms with Gasteiger partial charge < -0.3 is 10.1 Å². The Morgan fingerprint density at radius 2 is 1.83 bits per heavy atom. The Hall–Kier alpha value is -3.36. The van der Waals surface area contributed by atoms with E-state index in [0.29, 0.717) is 40.3 Å². The minimum atomic E-state index is -0.621. The minimum Gasteiger partial charge on any atom is -0.495 e. The van der Waals surface area contributed by atoms with Crippen molar-refractivity contribution in [3.8, 4) is 5.75 Å². The van der Waals surface area contributed by atoms with E-state index in [1.165, 1.54) is 31.0 Å². The third kappa shape index (κ3) is 6.41. The number of carbonyl (C=O) groups excluding carboxylic acids is 2. The lowest BCUT2D eigenvalue weighted by Crippen LogP contribution is -2.35. The number of amidine groups is 1. The molecule has 1 saturated heterocycles. The Morgan fingerprint density at radius 3 is 2.54 bits per heavy atom. The molecule has 1 heterocycles. The van der Waals surface area contributed by atoms with Crippen LogP contribution in [0.2, 0.25) is 5.02 Å². The van der Waals surface area contributed by atoms with E-state index in [0.717, 1.165) is 5.56 Å². The molecule has 6 nitrogen and oxygen atoms in total. The van der Waals surface area contributed by atoms with Gasteiger partial charge in [0.15, 0.2) is 5.17 Å². The van der Waals surface area contributed by atoms with E-state index in [1.807, 2.05) is 6.07 Å². The second-order valence-electron chi connectivity index (χ2n) is 7.80. The Bertz CT molecular complexity index is 1240. The summed E-state index contributed by atoms with van der Waals surface area (Å²) in [5.74, 6) is -0.267. The molecule has 35 heavy (non-hydrogen) atoms. The zero-order chi connectivity index (χ0) is 24.8. The maximum atomic E-state index is 13.3. The molecule has 1 fully saturated rings. The summed E-state index contributed by atoms with van der Waals surface area (Å²) < 4.78 is 18.5. The number of thioether (sulfide) groups is 1. The van der Waals surface area contributed by atoms with E-state index in [4.69, 9.17) is 16.3 Å². The molecule has 0 aliphatic carbocycles. The number of anilines is 1. The molecule has 0 bridgehead atoms. The van der Waals surface area contributed by atoms with Gasteiger partial charge in [0, 0.05) is 18.0 Å². The molecule has 9 heteroatoms. The quantitative estimate of drug-likeness (QED) is 0.421. The van der Waals surface area contributed by atoms with Gasteiger partial charge in [-0.1, -0.05) is 47.6 Å². The summed E-state index contributed by atoms with van der Waals surface area (Å²) in [5, 5.41) is 3.29. The first-order valence-electron chi connectivity index (χ1n) is 10.9. The zero-order valence-corrected chi connectivity index (χ0v) is 20.5. The highest BCUT2D eigenvalue weighted by molar-refractivity contribution is 8.15. The number of aliphatic imine (C=N–C) groups is 1. The average Bonchev–Trinajstić information content (AvgIpc) is 3.14. The molecule has 180 valence electrons. The van der Waals surface area contributed by atoms with E-state index in [-0.39, 0.29) is 24.1 Å². The summed E-state index contributed by atoms with van der Waals surface area (Å²) >= 11 is 7.23. The number of amides is 2. The van der Waals surface area contributed by atoms with Crippen molar-refractivity contribution >= 4 is 51.7 Å². The lowest BCUT2D eigenvalue weighted by Gasteiger charge is -2.16. The Kier molecular flexibility index (Phi) is 8.05. The van der Waals surface area contributed by atoms with Crippen molar-refractivity contribution in [2.75, 3.05) is 19.0 Å². The molecule has 1 atom stereocenters. The van der Waals surface area contributed by atoms with Crippen LogP contribution in [0.4, 0.5) is 15.8 Å². The number of ether oxygens (including phenoxy) is 1. The monoisotopic (exact) mass is 511 g/mol. The van der Waals surface area contributed by atoms with Gasteiger partial charge >= 0.3 is 0 Å². The number of nitrogens with one attached hydrogen (secondary N) is 1. The van der Waals surface area contributed by atoms with Gasteiger partial charge in [-0.05, 0) is 60.5 Å². The van der Waals surface area contributed by atoms with Gasteiger partial charge in [0.2, 0.25) is 11.8 Å². The zero-order valence-electron chi connectivity index (χ0n) is 18.9. The molecule has 1 N–H and O–H groups in total. The van der Waals surface area contributed by atoms with Crippen LogP contribution in [-0.4, -0.2) is 40.8 Å². The molecule has 1 aliphatic heterocycles. The topological polar surface area (TPSA) is 71.0 Å². The Labute approximate surface area is 212 Å². The predicted molar refractivity (Wildman–Crippen MR) is 138 cm³/mol. The lowest BCUT2D eigenvalue weighted by molar-refractivity contribution is -0.128. The van der Waals surface area contributed by atoms with Gasteiger partial charge in [-0.15, -0.1) is 0 Å². The summed E-state index contributed by atoms with van der Waals surface area (Å²) in [7, 11) is 1.53. The second-order valence-corrected chi connectivity index (χ2v) is 9.40. The van der Waals surface area contributed by atoms with Crippen molar-refractivity contribution in [2.24, 2.45) is 4.99 Å². The molecule has 0 aromatic heterocycles. The molecule has 1 unspecified atom stereocenters. The minimum absolute atomic E-state index is 0.0196. The van der Waals surface area contributed by atoms with Crippen molar-refractivity contribution in [3.05, 3.63) is 89.2 Å². The van der Waals surface area contributed by atoms with Gasteiger partial charge in [0.05, 0.1) is 18.5 Å². The second kappa shape index (κ2) is 11.4.